The Bertz CT molecular complexity index is 786. The minimum atomic E-state index is -0.706. The van der Waals surface area contributed by atoms with Crippen molar-refractivity contribution in [1.29, 1.82) is 0 Å². The van der Waals surface area contributed by atoms with Crippen LogP contribution in [0.5, 0.6) is 5.75 Å². The summed E-state index contributed by atoms with van der Waals surface area (Å²) < 4.78 is 11.9. The van der Waals surface area contributed by atoms with Crippen LogP contribution in [0.15, 0.2) is 48.5 Å². The van der Waals surface area contributed by atoms with Gasteiger partial charge in [-0.1, -0.05) is 43.7 Å². The number of rotatable bonds is 7. The number of nitrogens with one attached hydrogen (secondary N) is 1. The number of amides is 1. The summed E-state index contributed by atoms with van der Waals surface area (Å²) in [6, 6.07) is 15.9. The predicted molar refractivity (Wildman–Crippen MR) is 113 cm³/mol. The molecule has 0 heterocycles. The van der Waals surface area contributed by atoms with Crippen molar-refractivity contribution >= 4 is 11.6 Å². The number of ether oxygens (including phenoxy) is 2. The topological polar surface area (TPSA) is 47.6 Å². The van der Waals surface area contributed by atoms with Crippen molar-refractivity contribution in [1.82, 2.24) is 0 Å². The van der Waals surface area contributed by atoms with E-state index >= 15 is 0 Å². The molecule has 0 aliphatic heterocycles. The van der Waals surface area contributed by atoms with E-state index in [1.807, 2.05) is 62.4 Å². The Balaban J connectivity index is 1.66. The maximum atomic E-state index is 13.1. The SMILES string of the molecule is CCOC1(C(=O)Nc2ccc(OCc3ccccc3)c(C)c2)CCCC(C)C1. The Kier molecular flexibility index (Phi) is 6.74. The zero-order chi connectivity index (χ0) is 20.0. The number of hydrogen-bond acceptors (Lipinski definition) is 3. The van der Waals surface area contributed by atoms with Gasteiger partial charge in [0, 0.05) is 12.3 Å². The molecule has 1 amide bonds. The van der Waals surface area contributed by atoms with E-state index in [2.05, 4.69) is 12.2 Å². The molecule has 1 saturated carbocycles. The summed E-state index contributed by atoms with van der Waals surface area (Å²) in [7, 11) is 0. The second kappa shape index (κ2) is 9.24. The minimum Gasteiger partial charge on any atom is -0.489 e. The lowest BCUT2D eigenvalue weighted by Gasteiger charge is -2.38. The molecule has 0 radical (unpaired) electrons. The highest BCUT2D eigenvalue weighted by molar-refractivity contribution is 5.97. The Hall–Kier alpha value is -2.33. The van der Waals surface area contributed by atoms with Gasteiger partial charge in [-0.3, -0.25) is 4.79 Å². The van der Waals surface area contributed by atoms with Gasteiger partial charge in [-0.05, 0) is 68.4 Å². The molecule has 4 nitrogen and oxygen atoms in total. The van der Waals surface area contributed by atoms with Gasteiger partial charge < -0.3 is 14.8 Å². The van der Waals surface area contributed by atoms with Gasteiger partial charge in [-0.15, -0.1) is 0 Å². The first-order chi connectivity index (χ1) is 13.5. The van der Waals surface area contributed by atoms with E-state index < -0.39 is 5.60 Å². The fourth-order valence-corrected chi connectivity index (χ4v) is 4.05. The molecule has 1 fully saturated rings. The largest absolute Gasteiger partial charge is 0.489 e. The first-order valence-corrected chi connectivity index (χ1v) is 10.3. The highest BCUT2D eigenvalue weighted by Crippen LogP contribution is 2.36. The average molecular weight is 382 g/mol. The van der Waals surface area contributed by atoms with Crippen LogP contribution in [0.1, 0.15) is 50.7 Å². The van der Waals surface area contributed by atoms with Crippen molar-refractivity contribution in [2.75, 3.05) is 11.9 Å². The smallest absolute Gasteiger partial charge is 0.256 e. The van der Waals surface area contributed by atoms with Crippen molar-refractivity contribution in [3.05, 3.63) is 59.7 Å². The van der Waals surface area contributed by atoms with Crippen molar-refractivity contribution < 1.29 is 14.3 Å². The summed E-state index contributed by atoms with van der Waals surface area (Å²) in [6.07, 6.45) is 3.76. The van der Waals surface area contributed by atoms with Crippen molar-refractivity contribution in [3.63, 3.8) is 0 Å². The highest BCUT2D eigenvalue weighted by Gasteiger charge is 2.42. The summed E-state index contributed by atoms with van der Waals surface area (Å²) in [6.45, 7) is 7.22. The molecule has 150 valence electrons. The molecule has 0 aromatic heterocycles. The number of carbonyl (C=O) groups is 1. The van der Waals surface area contributed by atoms with Crippen LogP contribution >= 0.6 is 0 Å². The van der Waals surface area contributed by atoms with E-state index in [9.17, 15) is 4.79 Å². The van der Waals surface area contributed by atoms with Crippen LogP contribution in [0, 0.1) is 12.8 Å². The number of hydrogen-bond donors (Lipinski definition) is 1. The Morgan fingerprint density at radius 2 is 2.00 bits per heavy atom. The van der Waals surface area contributed by atoms with E-state index in [4.69, 9.17) is 9.47 Å². The molecule has 28 heavy (non-hydrogen) atoms. The Labute approximate surface area is 168 Å². The quantitative estimate of drug-likeness (QED) is 0.689. The third-order valence-electron chi connectivity index (χ3n) is 5.46. The van der Waals surface area contributed by atoms with Crippen molar-refractivity contribution in [2.24, 2.45) is 5.92 Å². The maximum Gasteiger partial charge on any atom is 0.256 e. The molecule has 0 spiro atoms. The number of anilines is 1. The van der Waals surface area contributed by atoms with Gasteiger partial charge in [0.05, 0.1) is 0 Å². The van der Waals surface area contributed by atoms with Gasteiger partial charge in [0.15, 0.2) is 0 Å². The van der Waals surface area contributed by atoms with Gasteiger partial charge in [-0.2, -0.15) is 0 Å². The standard InChI is InChI=1S/C24H31NO3/c1-4-28-24(14-8-9-18(2)16-24)23(26)25-21-12-13-22(19(3)15-21)27-17-20-10-6-5-7-11-20/h5-7,10-13,15,18H,4,8-9,14,16-17H2,1-3H3,(H,25,26). The molecular weight excluding hydrogens is 350 g/mol. The Morgan fingerprint density at radius 1 is 1.21 bits per heavy atom. The van der Waals surface area contributed by atoms with Crippen LogP contribution in [0.25, 0.3) is 0 Å². The molecule has 1 aliphatic rings. The zero-order valence-electron chi connectivity index (χ0n) is 17.2. The molecular formula is C24H31NO3. The molecule has 3 rings (SSSR count). The van der Waals surface area contributed by atoms with Gasteiger partial charge >= 0.3 is 0 Å². The number of aryl methyl sites for hydroxylation is 1. The molecule has 2 aromatic carbocycles. The first kappa shape index (κ1) is 20.4. The summed E-state index contributed by atoms with van der Waals surface area (Å²) in [5.74, 6) is 1.30. The van der Waals surface area contributed by atoms with Gasteiger partial charge in [0.2, 0.25) is 0 Å². The molecule has 1 N–H and O–H groups in total. The molecule has 2 aromatic rings. The van der Waals surface area contributed by atoms with Gasteiger partial charge in [0.25, 0.3) is 5.91 Å². The van der Waals surface area contributed by atoms with Gasteiger partial charge in [0.1, 0.15) is 18.0 Å². The number of carbonyl (C=O) groups excluding carboxylic acids is 1. The van der Waals surface area contributed by atoms with Crippen LogP contribution in [0.3, 0.4) is 0 Å². The lowest BCUT2D eigenvalue weighted by atomic mass is 9.78. The lowest BCUT2D eigenvalue weighted by molar-refractivity contribution is -0.147. The average Bonchev–Trinajstić information content (AvgIpc) is 2.68. The van der Waals surface area contributed by atoms with E-state index in [1.165, 1.54) is 0 Å². The van der Waals surface area contributed by atoms with E-state index in [-0.39, 0.29) is 5.91 Å². The van der Waals surface area contributed by atoms with Crippen LogP contribution in [0.2, 0.25) is 0 Å². The summed E-state index contributed by atoms with van der Waals surface area (Å²) in [5.41, 5.74) is 2.20. The highest BCUT2D eigenvalue weighted by atomic mass is 16.5. The predicted octanol–water partition coefficient (Wildman–Crippen LogP) is 5.50. The van der Waals surface area contributed by atoms with E-state index in [1.54, 1.807) is 0 Å². The molecule has 4 heteroatoms. The summed E-state index contributed by atoms with van der Waals surface area (Å²) >= 11 is 0. The zero-order valence-corrected chi connectivity index (χ0v) is 17.2. The van der Waals surface area contributed by atoms with Crippen molar-refractivity contribution in [2.45, 2.75) is 58.7 Å². The van der Waals surface area contributed by atoms with E-state index in [0.29, 0.717) is 19.1 Å². The second-order valence-corrected chi connectivity index (χ2v) is 7.84. The summed E-state index contributed by atoms with van der Waals surface area (Å²) in [4.78, 5) is 13.1. The molecule has 0 saturated heterocycles. The Morgan fingerprint density at radius 3 is 2.68 bits per heavy atom. The van der Waals surface area contributed by atoms with E-state index in [0.717, 1.165) is 48.2 Å². The first-order valence-electron chi connectivity index (χ1n) is 10.3. The lowest BCUT2D eigenvalue weighted by Crippen LogP contribution is -2.48. The third kappa shape index (κ3) is 4.93. The molecule has 2 atom stereocenters. The van der Waals surface area contributed by atoms with Crippen LogP contribution in [-0.2, 0) is 16.1 Å². The fourth-order valence-electron chi connectivity index (χ4n) is 4.05. The van der Waals surface area contributed by atoms with Crippen molar-refractivity contribution in [3.8, 4) is 5.75 Å². The monoisotopic (exact) mass is 381 g/mol. The molecule has 0 bridgehead atoms. The normalized spacial score (nSPS) is 21.9. The van der Waals surface area contributed by atoms with Gasteiger partial charge in [-0.25, -0.2) is 0 Å². The third-order valence-corrected chi connectivity index (χ3v) is 5.46. The van der Waals surface area contributed by atoms with Crippen LogP contribution in [0.4, 0.5) is 5.69 Å². The van der Waals surface area contributed by atoms with Crippen LogP contribution in [-0.4, -0.2) is 18.1 Å². The summed E-state index contributed by atoms with van der Waals surface area (Å²) in [5, 5.41) is 3.08. The number of benzene rings is 2. The second-order valence-electron chi connectivity index (χ2n) is 7.84. The molecule has 2 unspecified atom stereocenters. The minimum absolute atomic E-state index is 0.0294. The maximum absolute atomic E-state index is 13.1. The van der Waals surface area contributed by atoms with Crippen LogP contribution < -0.4 is 10.1 Å². The molecule has 1 aliphatic carbocycles. The fraction of sp³-hybridized carbons (Fsp3) is 0.458.